The predicted molar refractivity (Wildman–Crippen MR) is 111 cm³/mol. The van der Waals surface area contributed by atoms with Crippen LogP contribution < -0.4 is 5.32 Å². The molecule has 0 atom stereocenters. The molecule has 25 heavy (non-hydrogen) atoms. The Hall–Kier alpha value is -1.64. The number of aromatic nitrogens is 2. The molecule has 0 aliphatic carbocycles. The van der Waals surface area contributed by atoms with Gasteiger partial charge in [0.2, 0.25) is 0 Å². The van der Waals surface area contributed by atoms with Crippen LogP contribution >= 0.6 is 24.0 Å². The van der Waals surface area contributed by atoms with Crippen molar-refractivity contribution in [3.05, 3.63) is 47.8 Å². The van der Waals surface area contributed by atoms with E-state index in [9.17, 15) is 4.39 Å². The Morgan fingerprint density at radius 2 is 2.16 bits per heavy atom. The van der Waals surface area contributed by atoms with Gasteiger partial charge in [0.1, 0.15) is 11.6 Å². The minimum atomic E-state index is -0.260. The molecule has 0 bridgehead atoms. The summed E-state index contributed by atoms with van der Waals surface area (Å²) in [6, 6.07) is 5.26. The highest BCUT2D eigenvalue weighted by Crippen LogP contribution is 2.16. The maximum absolute atomic E-state index is 14.4. The van der Waals surface area contributed by atoms with E-state index in [1.165, 1.54) is 0 Å². The molecule has 1 aromatic carbocycles. The van der Waals surface area contributed by atoms with Gasteiger partial charge in [0.15, 0.2) is 5.96 Å². The van der Waals surface area contributed by atoms with Crippen LogP contribution in [0.1, 0.15) is 31.2 Å². The molecule has 0 spiro atoms. The minimum Gasteiger partial charge on any atom is -0.352 e. The number of unbranched alkanes of at least 4 members (excludes halogenated alkanes) is 1. The van der Waals surface area contributed by atoms with Crippen molar-refractivity contribution >= 4 is 29.9 Å². The number of benzene rings is 1. The fourth-order valence-electron chi connectivity index (χ4n) is 2.56. The summed E-state index contributed by atoms with van der Waals surface area (Å²) >= 11 is 0. The van der Waals surface area contributed by atoms with E-state index in [0.717, 1.165) is 36.7 Å². The quantitative estimate of drug-likeness (QED) is 0.407. The third-order valence-corrected chi connectivity index (χ3v) is 3.97. The van der Waals surface area contributed by atoms with Crippen LogP contribution in [0, 0.1) is 12.7 Å². The molecule has 0 unspecified atom stereocenters. The van der Waals surface area contributed by atoms with Crippen LogP contribution in [0.4, 0.5) is 4.39 Å². The zero-order chi connectivity index (χ0) is 17.5. The molecule has 0 saturated carbocycles. The van der Waals surface area contributed by atoms with E-state index in [-0.39, 0.29) is 29.8 Å². The summed E-state index contributed by atoms with van der Waals surface area (Å²) in [4.78, 5) is 10.5. The molecule has 7 heteroatoms. The molecule has 2 rings (SSSR count). The summed E-state index contributed by atoms with van der Waals surface area (Å²) in [6.45, 7) is 5.49. The van der Waals surface area contributed by atoms with Gasteiger partial charge < -0.3 is 14.8 Å². The van der Waals surface area contributed by atoms with E-state index in [2.05, 4.69) is 27.1 Å². The molecule has 0 aliphatic heterocycles. The van der Waals surface area contributed by atoms with Gasteiger partial charge >= 0.3 is 0 Å². The summed E-state index contributed by atoms with van der Waals surface area (Å²) in [7, 11) is 3.77. The van der Waals surface area contributed by atoms with Gasteiger partial charge in [0, 0.05) is 39.6 Å². The van der Waals surface area contributed by atoms with Gasteiger partial charge in [-0.2, -0.15) is 0 Å². The third kappa shape index (κ3) is 5.69. The third-order valence-electron chi connectivity index (χ3n) is 3.97. The lowest BCUT2D eigenvalue weighted by molar-refractivity contribution is 0.464. The monoisotopic (exact) mass is 459 g/mol. The summed E-state index contributed by atoms with van der Waals surface area (Å²) in [5.74, 6) is 1.32. The maximum atomic E-state index is 14.4. The lowest BCUT2D eigenvalue weighted by Gasteiger charge is -2.22. The second-order valence-electron chi connectivity index (χ2n) is 5.81. The first-order chi connectivity index (χ1) is 11.6. The van der Waals surface area contributed by atoms with E-state index in [0.29, 0.717) is 12.2 Å². The molecule has 1 aromatic heterocycles. The van der Waals surface area contributed by atoms with Crippen LogP contribution in [0.15, 0.2) is 35.6 Å². The number of aliphatic imine (C=N–C) groups is 1. The second-order valence-corrected chi connectivity index (χ2v) is 5.81. The van der Waals surface area contributed by atoms with Crippen molar-refractivity contribution in [1.29, 1.82) is 0 Å². The fraction of sp³-hybridized carbons (Fsp3) is 0.444. The number of nitrogens with one attached hydrogen (secondary N) is 1. The molecular weight excluding hydrogens is 432 g/mol. The molecule has 2 aromatic rings. The summed E-state index contributed by atoms with van der Waals surface area (Å²) < 4.78 is 16.1. The predicted octanol–water partition coefficient (Wildman–Crippen LogP) is 3.75. The standard InChI is InChI=1S/C18H26FN5.HI/c1-5-6-10-23(4)18(20-3)22-13-15-7-8-17(16(19)12-15)24-11-9-21-14(24)2;/h7-9,11-12H,5-6,10,13H2,1-4H3,(H,20,22);1H. The molecular formula is C18H27FIN5. The van der Waals surface area contributed by atoms with Crippen molar-refractivity contribution < 1.29 is 4.39 Å². The van der Waals surface area contributed by atoms with Crippen molar-refractivity contribution in [2.24, 2.45) is 4.99 Å². The van der Waals surface area contributed by atoms with E-state index in [1.54, 1.807) is 36.1 Å². The Kier molecular flexibility index (Phi) is 8.88. The number of nitrogens with zero attached hydrogens (tertiary/aromatic N) is 4. The first kappa shape index (κ1) is 21.4. The average molecular weight is 459 g/mol. The molecule has 0 amide bonds. The lowest BCUT2D eigenvalue weighted by Crippen LogP contribution is -2.38. The van der Waals surface area contributed by atoms with Crippen LogP contribution in [0.2, 0.25) is 0 Å². The Morgan fingerprint density at radius 3 is 2.72 bits per heavy atom. The average Bonchev–Trinajstić information content (AvgIpc) is 2.99. The van der Waals surface area contributed by atoms with Crippen molar-refractivity contribution in [3.8, 4) is 5.69 Å². The van der Waals surface area contributed by atoms with E-state index in [4.69, 9.17) is 0 Å². The molecule has 0 aliphatic rings. The maximum Gasteiger partial charge on any atom is 0.193 e. The van der Waals surface area contributed by atoms with Gasteiger partial charge in [-0.15, -0.1) is 24.0 Å². The van der Waals surface area contributed by atoms with Gasteiger partial charge in [0.25, 0.3) is 0 Å². The molecule has 0 fully saturated rings. The van der Waals surface area contributed by atoms with Gasteiger partial charge in [-0.25, -0.2) is 9.37 Å². The Morgan fingerprint density at radius 1 is 1.40 bits per heavy atom. The van der Waals surface area contributed by atoms with Crippen LogP contribution in [0.3, 0.4) is 0 Å². The summed E-state index contributed by atoms with van der Waals surface area (Å²) in [5, 5.41) is 3.28. The zero-order valence-electron chi connectivity index (χ0n) is 15.3. The Labute approximate surface area is 166 Å². The highest BCUT2D eigenvalue weighted by Gasteiger charge is 2.09. The number of imidazole rings is 1. The number of hydrogen-bond acceptors (Lipinski definition) is 2. The molecule has 5 nitrogen and oxygen atoms in total. The van der Waals surface area contributed by atoms with Crippen molar-refractivity contribution in [2.75, 3.05) is 20.6 Å². The molecule has 1 N–H and O–H groups in total. The fourth-order valence-corrected chi connectivity index (χ4v) is 2.56. The van der Waals surface area contributed by atoms with E-state index >= 15 is 0 Å². The van der Waals surface area contributed by atoms with Crippen molar-refractivity contribution in [2.45, 2.75) is 33.2 Å². The molecule has 138 valence electrons. The number of halogens is 2. The smallest absolute Gasteiger partial charge is 0.193 e. The van der Waals surface area contributed by atoms with Gasteiger partial charge in [-0.05, 0) is 31.0 Å². The lowest BCUT2D eigenvalue weighted by atomic mass is 10.2. The normalized spacial score (nSPS) is 11.2. The number of rotatable bonds is 6. The second kappa shape index (κ2) is 10.4. The largest absolute Gasteiger partial charge is 0.352 e. The van der Waals surface area contributed by atoms with Crippen molar-refractivity contribution in [1.82, 2.24) is 19.8 Å². The van der Waals surface area contributed by atoms with Gasteiger partial charge in [-0.1, -0.05) is 19.4 Å². The van der Waals surface area contributed by atoms with Gasteiger partial charge in [-0.3, -0.25) is 4.99 Å². The molecule has 1 heterocycles. The highest BCUT2D eigenvalue weighted by atomic mass is 127. The minimum absolute atomic E-state index is 0. The van der Waals surface area contributed by atoms with Crippen LogP contribution in [-0.4, -0.2) is 41.1 Å². The molecule has 0 radical (unpaired) electrons. The van der Waals surface area contributed by atoms with Crippen LogP contribution in [-0.2, 0) is 6.54 Å². The summed E-state index contributed by atoms with van der Waals surface area (Å²) in [6.07, 6.45) is 5.68. The first-order valence-electron chi connectivity index (χ1n) is 8.27. The van der Waals surface area contributed by atoms with Crippen LogP contribution in [0.5, 0.6) is 0 Å². The van der Waals surface area contributed by atoms with Crippen LogP contribution in [0.25, 0.3) is 5.69 Å². The highest BCUT2D eigenvalue weighted by molar-refractivity contribution is 14.0. The SMILES string of the molecule is CCCCN(C)C(=NC)NCc1ccc(-n2ccnc2C)c(F)c1.I. The van der Waals surface area contributed by atoms with Crippen molar-refractivity contribution in [3.63, 3.8) is 0 Å². The zero-order valence-corrected chi connectivity index (χ0v) is 17.6. The number of aryl methyl sites for hydroxylation is 1. The Bertz CT molecular complexity index is 699. The topological polar surface area (TPSA) is 45.5 Å². The van der Waals surface area contributed by atoms with Gasteiger partial charge in [0.05, 0.1) is 5.69 Å². The molecule has 0 saturated heterocycles. The van der Waals surface area contributed by atoms with E-state index < -0.39 is 0 Å². The summed E-state index contributed by atoms with van der Waals surface area (Å²) in [5.41, 5.74) is 1.39. The first-order valence-corrected chi connectivity index (χ1v) is 8.27. The van der Waals surface area contributed by atoms with E-state index in [1.807, 2.05) is 20.0 Å². The number of guanidine groups is 1. The Balaban J connectivity index is 0.00000312. The number of hydrogen-bond donors (Lipinski definition) is 1.